The van der Waals surface area contributed by atoms with E-state index in [1.54, 1.807) is 11.9 Å². The van der Waals surface area contributed by atoms with Crippen molar-refractivity contribution in [1.29, 1.82) is 0 Å². The molecule has 1 aliphatic heterocycles. The number of benzene rings is 2. The minimum Gasteiger partial charge on any atom is -0.338 e. The van der Waals surface area contributed by atoms with Gasteiger partial charge in [-0.05, 0) is 42.2 Å². The van der Waals surface area contributed by atoms with Gasteiger partial charge in [-0.15, -0.1) is 0 Å². The lowest BCUT2D eigenvalue weighted by Crippen LogP contribution is -2.38. The predicted molar refractivity (Wildman–Crippen MR) is 111 cm³/mol. The summed E-state index contributed by atoms with van der Waals surface area (Å²) in [6, 6.07) is 15.2. The van der Waals surface area contributed by atoms with Gasteiger partial charge in [0.25, 0.3) is 0 Å². The summed E-state index contributed by atoms with van der Waals surface area (Å²) >= 11 is 5.94. The largest absolute Gasteiger partial charge is 0.338 e. The van der Waals surface area contributed by atoms with Crippen LogP contribution in [0.4, 0.5) is 4.79 Å². The number of carbonyl (C=O) groups is 2. The van der Waals surface area contributed by atoms with Crippen LogP contribution in [0.5, 0.6) is 0 Å². The number of nitrogens with one attached hydrogen (secondary N) is 1. The molecule has 148 valence electrons. The van der Waals surface area contributed by atoms with Crippen molar-refractivity contribution < 1.29 is 9.59 Å². The highest BCUT2D eigenvalue weighted by Gasteiger charge is 2.21. The van der Waals surface area contributed by atoms with Gasteiger partial charge in [-0.3, -0.25) is 4.79 Å². The second-order valence-electron chi connectivity index (χ2n) is 7.18. The summed E-state index contributed by atoms with van der Waals surface area (Å²) in [5, 5.41) is 3.67. The van der Waals surface area contributed by atoms with Gasteiger partial charge in [0.1, 0.15) is 0 Å². The Bertz CT molecular complexity index is 838. The number of halogens is 1. The Morgan fingerprint density at radius 1 is 1.18 bits per heavy atom. The molecule has 1 unspecified atom stereocenters. The number of hydrogen-bond acceptors (Lipinski definition) is 2. The summed E-state index contributed by atoms with van der Waals surface area (Å²) in [5.74, 6) is 0.204. The van der Waals surface area contributed by atoms with E-state index in [-0.39, 0.29) is 18.0 Å². The SMILES string of the molecule is CC(c1ccc(Cl)cc1)N(C)C(=O)NCc1ccccc1CN1CCCC1=O. The summed E-state index contributed by atoms with van der Waals surface area (Å²) in [6.07, 6.45) is 1.55. The molecule has 1 N–H and O–H groups in total. The van der Waals surface area contributed by atoms with E-state index >= 15 is 0 Å². The highest BCUT2D eigenvalue weighted by Crippen LogP contribution is 2.21. The molecule has 1 heterocycles. The molecule has 5 nitrogen and oxygen atoms in total. The van der Waals surface area contributed by atoms with E-state index in [0.717, 1.165) is 29.7 Å². The van der Waals surface area contributed by atoms with Crippen LogP contribution in [0.2, 0.25) is 5.02 Å². The van der Waals surface area contributed by atoms with Gasteiger partial charge in [0, 0.05) is 38.1 Å². The number of likely N-dealkylation sites (tertiary alicyclic amines) is 1. The van der Waals surface area contributed by atoms with Crippen LogP contribution in [0.25, 0.3) is 0 Å². The van der Waals surface area contributed by atoms with Crippen molar-refractivity contribution in [3.8, 4) is 0 Å². The van der Waals surface area contributed by atoms with E-state index in [2.05, 4.69) is 5.32 Å². The molecule has 6 heteroatoms. The van der Waals surface area contributed by atoms with Crippen LogP contribution in [0.1, 0.15) is 42.5 Å². The van der Waals surface area contributed by atoms with Crippen molar-refractivity contribution in [2.75, 3.05) is 13.6 Å². The fourth-order valence-electron chi connectivity index (χ4n) is 3.40. The third-order valence-corrected chi connectivity index (χ3v) is 5.59. The first kappa shape index (κ1) is 20.2. The molecule has 0 spiro atoms. The first-order valence-corrected chi connectivity index (χ1v) is 9.94. The predicted octanol–water partition coefficient (Wildman–Crippen LogP) is 4.37. The number of urea groups is 1. The van der Waals surface area contributed by atoms with Crippen LogP contribution >= 0.6 is 11.6 Å². The number of nitrogens with zero attached hydrogens (tertiary/aromatic N) is 2. The van der Waals surface area contributed by atoms with Gasteiger partial charge in [0.05, 0.1) is 6.04 Å². The van der Waals surface area contributed by atoms with E-state index in [1.165, 1.54) is 0 Å². The molecule has 0 bridgehead atoms. The third kappa shape index (κ3) is 4.84. The molecule has 2 aromatic carbocycles. The molecule has 1 fully saturated rings. The van der Waals surface area contributed by atoms with Gasteiger partial charge >= 0.3 is 6.03 Å². The summed E-state index contributed by atoms with van der Waals surface area (Å²) in [7, 11) is 1.78. The molecule has 0 aromatic heterocycles. The molecule has 0 saturated carbocycles. The van der Waals surface area contributed by atoms with Crippen molar-refractivity contribution >= 4 is 23.5 Å². The van der Waals surface area contributed by atoms with E-state index in [4.69, 9.17) is 11.6 Å². The van der Waals surface area contributed by atoms with Crippen molar-refractivity contribution in [3.05, 3.63) is 70.2 Å². The van der Waals surface area contributed by atoms with Crippen LogP contribution in [0, 0.1) is 0 Å². The molecular weight excluding hydrogens is 374 g/mol. The van der Waals surface area contributed by atoms with Gasteiger partial charge in [-0.25, -0.2) is 4.79 Å². The number of carbonyl (C=O) groups excluding carboxylic acids is 2. The van der Waals surface area contributed by atoms with Crippen LogP contribution in [-0.2, 0) is 17.9 Å². The maximum Gasteiger partial charge on any atom is 0.317 e. The zero-order chi connectivity index (χ0) is 20.1. The summed E-state index contributed by atoms with van der Waals surface area (Å²) in [4.78, 5) is 28.1. The first-order valence-electron chi connectivity index (χ1n) is 9.56. The van der Waals surface area contributed by atoms with E-state index < -0.39 is 0 Å². The minimum absolute atomic E-state index is 0.0743. The zero-order valence-electron chi connectivity index (χ0n) is 16.3. The molecule has 1 saturated heterocycles. The van der Waals surface area contributed by atoms with Crippen LogP contribution in [0.3, 0.4) is 0 Å². The molecule has 3 rings (SSSR count). The average Bonchev–Trinajstić information content (AvgIpc) is 3.11. The standard InChI is InChI=1S/C22H26ClN3O2/c1-16(17-9-11-20(23)12-10-17)25(2)22(28)24-14-18-6-3-4-7-19(18)15-26-13-5-8-21(26)27/h3-4,6-7,9-12,16H,5,8,13-15H2,1-2H3,(H,24,28). The highest BCUT2D eigenvalue weighted by atomic mass is 35.5. The monoisotopic (exact) mass is 399 g/mol. The van der Waals surface area contributed by atoms with Crippen molar-refractivity contribution in [2.24, 2.45) is 0 Å². The molecule has 0 radical (unpaired) electrons. The lowest BCUT2D eigenvalue weighted by molar-refractivity contribution is -0.128. The summed E-state index contributed by atoms with van der Waals surface area (Å²) < 4.78 is 0. The van der Waals surface area contributed by atoms with Crippen LogP contribution in [-0.4, -0.2) is 35.3 Å². The van der Waals surface area contributed by atoms with E-state index in [9.17, 15) is 9.59 Å². The van der Waals surface area contributed by atoms with Crippen molar-refractivity contribution in [2.45, 2.75) is 38.9 Å². The van der Waals surface area contributed by atoms with E-state index in [0.29, 0.717) is 24.5 Å². The fraction of sp³-hybridized carbons (Fsp3) is 0.364. The fourth-order valence-corrected chi connectivity index (χ4v) is 3.52. The van der Waals surface area contributed by atoms with Gasteiger partial charge in [-0.2, -0.15) is 0 Å². The van der Waals surface area contributed by atoms with Crippen molar-refractivity contribution in [3.63, 3.8) is 0 Å². The molecule has 1 aliphatic rings. The molecule has 0 aliphatic carbocycles. The highest BCUT2D eigenvalue weighted by molar-refractivity contribution is 6.30. The maximum atomic E-state index is 12.6. The Labute approximate surface area is 171 Å². The number of amides is 3. The molecule has 3 amide bonds. The van der Waals surface area contributed by atoms with Crippen LogP contribution in [0.15, 0.2) is 48.5 Å². The Morgan fingerprint density at radius 2 is 1.86 bits per heavy atom. The first-order chi connectivity index (χ1) is 13.5. The molecule has 28 heavy (non-hydrogen) atoms. The normalized spacial score (nSPS) is 14.8. The lowest BCUT2D eigenvalue weighted by Gasteiger charge is -2.26. The Balaban J connectivity index is 1.61. The quantitative estimate of drug-likeness (QED) is 0.784. The van der Waals surface area contributed by atoms with Gasteiger partial charge in [0.2, 0.25) is 5.91 Å². The topological polar surface area (TPSA) is 52.7 Å². The second kappa shape index (κ2) is 9.11. The Hall–Kier alpha value is -2.53. The summed E-state index contributed by atoms with van der Waals surface area (Å²) in [5.41, 5.74) is 3.13. The van der Waals surface area contributed by atoms with Gasteiger partial charge in [-0.1, -0.05) is 48.0 Å². The third-order valence-electron chi connectivity index (χ3n) is 5.33. The Kier molecular flexibility index (Phi) is 6.57. The van der Waals surface area contributed by atoms with E-state index in [1.807, 2.05) is 60.4 Å². The Morgan fingerprint density at radius 3 is 2.50 bits per heavy atom. The average molecular weight is 400 g/mol. The van der Waals surface area contributed by atoms with Gasteiger partial charge < -0.3 is 15.1 Å². The minimum atomic E-state index is -0.144. The number of rotatable bonds is 6. The maximum absolute atomic E-state index is 12.6. The molecular formula is C22H26ClN3O2. The van der Waals surface area contributed by atoms with Crippen LogP contribution < -0.4 is 5.32 Å². The van der Waals surface area contributed by atoms with Crippen molar-refractivity contribution in [1.82, 2.24) is 15.1 Å². The summed E-state index contributed by atoms with van der Waals surface area (Å²) in [6.45, 7) is 3.81. The lowest BCUT2D eigenvalue weighted by atomic mass is 10.1. The smallest absolute Gasteiger partial charge is 0.317 e. The zero-order valence-corrected chi connectivity index (χ0v) is 17.1. The van der Waals surface area contributed by atoms with Gasteiger partial charge in [0.15, 0.2) is 0 Å². The number of hydrogen-bond donors (Lipinski definition) is 1. The second-order valence-corrected chi connectivity index (χ2v) is 7.62. The molecule has 2 aromatic rings. The molecule has 1 atom stereocenters.